The summed E-state index contributed by atoms with van der Waals surface area (Å²) in [5.41, 5.74) is -1.27. The minimum atomic E-state index is -4.91. The van der Waals surface area contributed by atoms with Crippen LogP contribution >= 0.6 is 0 Å². The number of benzene rings is 2. The van der Waals surface area contributed by atoms with Crippen LogP contribution < -0.4 is 4.74 Å². The maximum Gasteiger partial charge on any atom is 0.434 e. The molecule has 0 saturated carbocycles. The monoisotopic (exact) mass is 498 g/mol. The Kier molecular flexibility index (Phi) is 6.45. The van der Waals surface area contributed by atoms with Crippen LogP contribution in [0.4, 0.5) is 13.2 Å². The second-order valence-electron chi connectivity index (χ2n) is 7.84. The number of esters is 1. The third kappa shape index (κ3) is 4.37. The van der Waals surface area contributed by atoms with Crippen molar-refractivity contribution >= 4 is 5.97 Å². The topological polar surface area (TPSA) is 94.7 Å². The summed E-state index contributed by atoms with van der Waals surface area (Å²) in [5.74, 6) is -1.28. The highest BCUT2D eigenvalue weighted by Gasteiger charge is 2.40. The van der Waals surface area contributed by atoms with Crippen molar-refractivity contribution in [1.82, 2.24) is 9.97 Å². The second kappa shape index (κ2) is 9.37. The lowest BCUT2D eigenvalue weighted by Gasteiger charge is -2.19. The molecule has 2 aromatic carbocycles. The van der Waals surface area contributed by atoms with Gasteiger partial charge in [-0.2, -0.15) is 13.2 Å². The Bertz CT molecular complexity index is 1450. The van der Waals surface area contributed by atoms with Crippen molar-refractivity contribution in [3.05, 3.63) is 71.3 Å². The van der Waals surface area contributed by atoms with Gasteiger partial charge in [0.2, 0.25) is 5.76 Å². The molecule has 0 aliphatic heterocycles. The Morgan fingerprint density at radius 1 is 1.00 bits per heavy atom. The maximum atomic E-state index is 14.5. The van der Waals surface area contributed by atoms with Crippen molar-refractivity contribution in [2.75, 3.05) is 14.2 Å². The van der Waals surface area contributed by atoms with E-state index in [0.29, 0.717) is 16.9 Å². The maximum absolute atomic E-state index is 14.5. The Labute approximate surface area is 204 Å². The van der Waals surface area contributed by atoms with E-state index in [-0.39, 0.29) is 39.9 Å². The first kappa shape index (κ1) is 24.8. The molecule has 7 nitrogen and oxygen atoms in total. The molecule has 2 aromatic heterocycles. The average molecular weight is 498 g/mol. The largest absolute Gasteiger partial charge is 0.507 e. The van der Waals surface area contributed by atoms with Crippen LogP contribution in [0.1, 0.15) is 27.6 Å². The third-order valence-corrected chi connectivity index (χ3v) is 5.64. The van der Waals surface area contributed by atoms with Crippen molar-refractivity contribution in [3.63, 3.8) is 0 Å². The summed E-state index contributed by atoms with van der Waals surface area (Å²) in [6, 6.07) is 12.3. The number of carbonyl (C=O) groups excluding carboxylic acids is 1. The van der Waals surface area contributed by atoms with Gasteiger partial charge in [0.1, 0.15) is 17.3 Å². The SMILES string of the molecule is COC(=O)c1cc(-c2c(-c3ccc(OC)c(C)c3O)nc(-c3ccccc3)nc2C(F)(F)F)c(C)o1. The lowest BCUT2D eigenvalue weighted by atomic mass is 9.95. The van der Waals surface area contributed by atoms with E-state index in [4.69, 9.17) is 9.15 Å². The van der Waals surface area contributed by atoms with Gasteiger partial charge in [-0.15, -0.1) is 0 Å². The summed E-state index contributed by atoms with van der Waals surface area (Å²) in [5, 5.41) is 11.0. The van der Waals surface area contributed by atoms with Gasteiger partial charge in [0, 0.05) is 27.8 Å². The van der Waals surface area contributed by atoms with Crippen LogP contribution in [-0.4, -0.2) is 35.3 Å². The number of halogens is 3. The highest BCUT2D eigenvalue weighted by Crippen LogP contribution is 2.46. The number of nitrogens with zero attached hydrogens (tertiary/aromatic N) is 2. The van der Waals surface area contributed by atoms with Crippen molar-refractivity contribution in [2.24, 2.45) is 0 Å². The highest BCUT2D eigenvalue weighted by atomic mass is 19.4. The van der Waals surface area contributed by atoms with Crippen LogP contribution in [-0.2, 0) is 10.9 Å². The molecule has 0 fully saturated rings. The molecular weight excluding hydrogens is 477 g/mol. The van der Waals surface area contributed by atoms with Gasteiger partial charge in [0.25, 0.3) is 0 Å². The predicted molar refractivity (Wildman–Crippen MR) is 125 cm³/mol. The van der Waals surface area contributed by atoms with Crippen LogP contribution in [0.2, 0.25) is 0 Å². The molecule has 0 amide bonds. The molecule has 1 N–H and O–H groups in total. The molecule has 186 valence electrons. The number of rotatable bonds is 5. The minimum Gasteiger partial charge on any atom is -0.507 e. The zero-order valence-electron chi connectivity index (χ0n) is 19.7. The van der Waals surface area contributed by atoms with Crippen LogP contribution in [0.5, 0.6) is 11.5 Å². The Balaban J connectivity index is 2.14. The zero-order chi connectivity index (χ0) is 26.2. The van der Waals surface area contributed by atoms with Crippen LogP contribution in [0, 0.1) is 13.8 Å². The number of methoxy groups -OCH3 is 2. The van der Waals surface area contributed by atoms with E-state index in [1.807, 2.05) is 0 Å². The predicted octanol–water partition coefficient (Wildman–Crippen LogP) is 6.21. The molecule has 36 heavy (non-hydrogen) atoms. The fourth-order valence-electron chi connectivity index (χ4n) is 3.86. The first-order valence-electron chi connectivity index (χ1n) is 10.7. The molecule has 0 aliphatic rings. The molecule has 0 bridgehead atoms. The molecule has 10 heteroatoms. The van der Waals surface area contributed by atoms with E-state index in [0.717, 1.165) is 13.2 Å². The van der Waals surface area contributed by atoms with Gasteiger partial charge in [-0.05, 0) is 32.0 Å². The highest BCUT2D eigenvalue weighted by molar-refractivity contribution is 5.92. The molecule has 4 rings (SSSR count). The Morgan fingerprint density at radius 2 is 1.69 bits per heavy atom. The number of hydrogen-bond donors (Lipinski definition) is 1. The van der Waals surface area contributed by atoms with E-state index >= 15 is 0 Å². The number of aryl methyl sites for hydroxylation is 1. The van der Waals surface area contributed by atoms with Crippen molar-refractivity contribution < 1.29 is 37.0 Å². The summed E-state index contributed by atoms with van der Waals surface area (Å²) < 4.78 is 58.8. The third-order valence-electron chi connectivity index (χ3n) is 5.64. The van der Waals surface area contributed by atoms with Crippen LogP contribution in [0.3, 0.4) is 0 Å². The normalized spacial score (nSPS) is 11.4. The fourth-order valence-corrected chi connectivity index (χ4v) is 3.86. The van der Waals surface area contributed by atoms with Crippen molar-refractivity contribution in [1.29, 1.82) is 0 Å². The average Bonchev–Trinajstić information content (AvgIpc) is 3.25. The smallest absolute Gasteiger partial charge is 0.434 e. The Hall–Kier alpha value is -4.34. The van der Waals surface area contributed by atoms with Gasteiger partial charge in [0.05, 0.1) is 19.9 Å². The summed E-state index contributed by atoms with van der Waals surface area (Å²) in [4.78, 5) is 20.4. The molecule has 0 spiro atoms. The number of ether oxygens (including phenoxy) is 2. The second-order valence-corrected chi connectivity index (χ2v) is 7.84. The van der Waals surface area contributed by atoms with Gasteiger partial charge >= 0.3 is 12.1 Å². The van der Waals surface area contributed by atoms with Gasteiger partial charge in [0.15, 0.2) is 11.5 Å². The summed E-state index contributed by atoms with van der Waals surface area (Å²) in [7, 11) is 2.54. The fraction of sp³-hybridized carbons (Fsp3) is 0.192. The van der Waals surface area contributed by atoms with Crippen molar-refractivity contribution in [3.8, 4) is 45.3 Å². The zero-order valence-corrected chi connectivity index (χ0v) is 19.7. The van der Waals surface area contributed by atoms with Gasteiger partial charge < -0.3 is 19.0 Å². The van der Waals surface area contributed by atoms with Gasteiger partial charge in [-0.1, -0.05) is 30.3 Å². The van der Waals surface area contributed by atoms with Gasteiger partial charge in [-0.25, -0.2) is 14.8 Å². The van der Waals surface area contributed by atoms with Crippen LogP contribution in [0.25, 0.3) is 33.8 Å². The van der Waals surface area contributed by atoms with E-state index < -0.39 is 23.4 Å². The number of aromatic hydroxyl groups is 1. The van der Waals surface area contributed by atoms with E-state index in [9.17, 15) is 23.1 Å². The minimum absolute atomic E-state index is 0.0166. The van der Waals surface area contributed by atoms with Crippen LogP contribution in [0.15, 0.2) is 52.9 Å². The number of carbonyl (C=O) groups is 1. The number of hydrogen-bond acceptors (Lipinski definition) is 7. The van der Waals surface area contributed by atoms with E-state index in [2.05, 4.69) is 14.7 Å². The lowest BCUT2D eigenvalue weighted by Crippen LogP contribution is -2.14. The molecule has 0 saturated heterocycles. The van der Waals surface area contributed by atoms with E-state index in [1.54, 1.807) is 37.3 Å². The first-order chi connectivity index (χ1) is 17.1. The molecule has 0 atom stereocenters. The summed E-state index contributed by atoms with van der Waals surface area (Å²) in [6.45, 7) is 2.98. The Morgan fingerprint density at radius 3 is 2.31 bits per heavy atom. The molecule has 0 aliphatic carbocycles. The first-order valence-corrected chi connectivity index (χ1v) is 10.7. The number of aromatic nitrogens is 2. The quantitative estimate of drug-likeness (QED) is 0.327. The van der Waals surface area contributed by atoms with Gasteiger partial charge in [-0.3, -0.25) is 0 Å². The molecule has 0 radical (unpaired) electrons. The number of phenolic OH excluding ortho intramolecular Hbond substituents is 1. The molecule has 0 unspecified atom stereocenters. The number of alkyl halides is 3. The van der Waals surface area contributed by atoms with E-state index in [1.165, 1.54) is 26.2 Å². The standard InChI is InChI=1S/C26H21F3N2O5/c1-13-18(34-3)11-10-16(22(13)32)21-20(17-12-19(25(33)35-4)36-14(17)2)23(26(27,28)29)31-24(30-21)15-8-6-5-7-9-15/h5-12,32H,1-4H3. The number of phenols is 1. The molecule has 2 heterocycles. The van der Waals surface area contributed by atoms with Crippen molar-refractivity contribution in [2.45, 2.75) is 20.0 Å². The summed E-state index contributed by atoms with van der Waals surface area (Å²) >= 11 is 0. The summed E-state index contributed by atoms with van der Waals surface area (Å²) in [6.07, 6.45) is -4.91. The number of furan rings is 1. The lowest BCUT2D eigenvalue weighted by molar-refractivity contribution is -0.140. The molecular formula is C26H21F3N2O5. The molecule has 4 aromatic rings.